The number of aryl methyl sites for hydroxylation is 1. The molecule has 1 aliphatic rings. The van der Waals surface area contributed by atoms with Crippen LogP contribution in [0.15, 0.2) is 36.0 Å². The Morgan fingerprint density at radius 3 is 2.89 bits per heavy atom. The summed E-state index contributed by atoms with van der Waals surface area (Å²) in [7, 11) is 1.69. The van der Waals surface area contributed by atoms with Crippen LogP contribution in [0.25, 0.3) is 0 Å². The summed E-state index contributed by atoms with van der Waals surface area (Å²) in [6, 6.07) is 6.13. The van der Waals surface area contributed by atoms with Crippen LogP contribution in [0.3, 0.4) is 0 Å². The first kappa shape index (κ1) is 11.7. The van der Waals surface area contributed by atoms with Crippen molar-refractivity contribution in [3.63, 3.8) is 0 Å². The first-order valence-electron chi connectivity index (χ1n) is 6.21. The number of benzene rings is 1. The number of ether oxygens (including phenoxy) is 1. The van der Waals surface area contributed by atoms with Crippen molar-refractivity contribution in [3.8, 4) is 5.75 Å². The Hall–Kier alpha value is -2.37. The molecule has 6 heteroatoms. The molecule has 1 N–H and O–H groups in total. The molecule has 0 radical (unpaired) electrons. The van der Waals surface area contributed by atoms with E-state index in [-0.39, 0.29) is 0 Å². The third-order valence-corrected chi connectivity index (χ3v) is 3.20. The lowest BCUT2D eigenvalue weighted by molar-refractivity contribution is 0.414. The molecule has 0 amide bonds. The van der Waals surface area contributed by atoms with Crippen LogP contribution in [0.1, 0.15) is 24.0 Å². The molecule has 1 aromatic heterocycles. The maximum Gasteiger partial charge on any atom is 0.140 e. The Morgan fingerprint density at radius 2 is 2.11 bits per heavy atom. The van der Waals surface area contributed by atoms with Gasteiger partial charge in [0.25, 0.3) is 0 Å². The summed E-state index contributed by atoms with van der Waals surface area (Å²) in [6.07, 6.45) is 6.28. The highest BCUT2D eigenvalue weighted by Gasteiger charge is 2.16. The molecule has 0 atom stereocenters. The zero-order chi connectivity index (χ0) is 13.1. The molecule has 3 rings (SSSR count). The summed E-state index contributed by atoms with van der Waals surface area (Å²) in [5, 5.41) is 11.9. The zero-order valence-electron chi connectivity index (χ0n) is 10.7. The lowest BCUT2D eigenvalue weighted by Gasteiger charge is -2.18. The maximum atomic E-state index is 5.26. The number of hydrogen-bond acceptors (Lipinski definition) is 5. The van der Waals surface area contributed by atoms with Crippen molar-refractivity contribution < 1.29 is 4.74 Å². The van der Waals surface area contributed by atoms with E-state index in [4.69, 9.17) is 4.74 Å². The number of methoxy groups -OCH3 is 1. The predicted octanol–water partition coefficient (Wildman–Crippen LogP) is 1.57. The smallest absolute Gasteiger partial charge is 0.140 e. The van der Waals surface area contributed by atoms with E-state index in [0.29, 0.717) is 0 Å². The van der Waals surface area contributed by atoms with Crippen molar-refractivity contribution in [2.24, 2.45) is 5.10 Å². The average molecular weight is 257 g/mol. The lowest BCUT2D eigenvalue weighted by Crippen LogP contribution is -2.16. The second kappa shape index (κ2) is 5.09. The van der Waals surface area contributed by atoms with Crippen LogP contribution in [-0.2, 0) is 6.42 Å². The molecule has 0 saturated carbocycles. The second-order valence-electron chi connectivity index (χ2n) is 4.40. The molecule has 0 aliphatic heterocycles. The Kier molecular flexibility index (Phi) is 3.14. The summed E-state index contributed by atoms with van der Waals surface area (Å²) in [5.74, 6) is 0.895. The summed E-state index contributed by atoms with van der Waals surface area (Å²) in [4.78, 5) is 0. The SMILES string of the molecule is COc1ccc2c(c1)CCC/C2=N\Nn1cnnc1. The van der Waals surface area contributed by atoms with Crippen LogP contribution in [0.4, 0.5) is 0 Å². The molecule has 6 nitrogen and oxygen atoms in total. The molecular formula is C13H15N5O. The van der Waals surface area contributed by atoms with Gasteiger partial charge in [0.2, 0.25) is 0 Å². The van der Waals surface area contributed by atoms with Gasteiger partial charge in [-0.3, -0.25) is 0 Å². The predicted molar refractivity (Wildman–Crippen MR) is 71.9 cm³/mol. The third kappa shape index (κ3) is 2.42. The number of fused-ring (bicyclic) bond motifs is 1. The fourth-order valence-electron chi connectivity index (χ4n) is 2.25. The lowest BCUT2D eigenvalue weighted by atomic mass is 9.90. The fraction of sp³-hybridized carbons (Fsp3) is 0.308. The minimum Gasteiger partial charge on any atom is -0.497 e. The van der Waals surface area contributed by atoms with Gasteiger partial charge in [-0.25, -0.2) is 10.2 Å². The van der Waals surface area contributed by atoms with Crippen LogP contribution in [-0.4, -0.2) is 27.7 Å². The van der Waals surface area contributed by atoms with Crippen molar-refractivity contribution in [2.75, 3.05) is 12.6 Å². The number of hydrazone groups is 1. The van der Waals surface area contributed by atoms with Crippen molar-refractivity contribution in [1.29, 1.82) is 0 Å². The van der Waals surface area contributed by atoms with Crippen molar-refractivity contribution in [3.05, 3.63) is 42.0 Å². The molecule has 1 heterocycles. The second-order valence-corrected chi connectivity index (χ2v) is 4.40. The van der Waals surface area contributed by atoms with Crippen LogP contribution >= 0.6 is 0 Å². The van der Waals surface area contributed by atoms with Crippen LogP contribution in [0.2, 0.25) is 0 Å². The van der Waals surface area contributed by atoms with E-state index in [2.05, 4.69) is 33.0 Å². The highest BCUT2D eigenvalue weighted by atomic mass is 16.5. The molecular weight excluding hydrogens is 242 g/mol. The zero-order valence-corrected chi connectivity index (χ0v) is 10.7. The number of hydrogen-bond donors (Lipinski definition) is 1. The van der Waals surface area contributed by atoms with E-state index in [1.54, 1.807) is 24.4 Å². The van der Waals surface area contributed by atoms with Crippen molar-refractivity contribution in [1.82, 2.24) is 14.9 Å². The summed E-state index contributed by atoms with van der Waals surface area (Å²) in [5.41, 5.74) is 6.44. The first-order chi connectivity index (χ1) is 9.36. The highest BCUT2D eigenvalue weighted by Crippen LogP contribution is 2.25. The Labute approximate surface area is 111 Å². The van der Waals surface area contributed by atoms with Gasteiger partial charge in [-0.15, -0.1) is 10.2 Å². The van der Waals surface area contributed by atoms with E-state index in [1.165, 1.54) is 11.1 Å². The summed E-state index contributed by atoms with van der Waals surface area (Å²) < 4.78 is 6.87. The molecule has 1 aliphatic carbocycles. The molecule has 19 heavy (non-hydrogen) atoms. The van der Waals surface area contributed by atoms with Gasteiger partial charge in [0, 0.05) is 5.56 Å². The molecule has 98 valence electrons. The van der Waals surface area contributed by atoms with Crippen LogP contribution in [0.5, 0.6) is 5.75 Å². The maximum absolute atomic E-state index is 5.26. The van der Waals surface area contributed by atoms with Crippen molar-refractivity contribution >= 4 is 5.71 Å². The Morgan fingerprint density at radius 1 is 1.26 bits per heavy atom. The number of rotatable bonds is 3. The number of nitrogens with zero attached hydrogens (tertiary/aromatic N) is 4. The molecule has 0 bridgehead atoms. The summed E-state index contributed by atoms with van der Waals surface area (Å²) >= 11 is 0. The molecule has 0 saturated heterocycles. The summed E-state index contributed by atoms with van der Waals surface area (Å²) in [6.45, 7) is 0. The van der Waals surface area contributed by atoms with Gasteiger partial charge in [-0.1, -0.05) is 0 Å². The fourth-order valence-corrected chi connectivity index (χ4v) is 2.25. The molecule has 0 spiro atoms. The van der Waals surface area contributed by atoms with E-state index in [0.717, 1.165) is 30.7 Å². The van der Waals surface area contributed by atoms with Gasteiger partial charge in [-0.2, -0.15) is 5.10 Å². The molecule has 0 fully saturated rings. The standard InChI is InChI=1S/C13H15N5O/c1-19-11-5-6-12-10(7-11)3-2-4-13(12)16-17-18-8-14-15-9-18/h5-9,17H,2-4H2,1H3/b16-13+. The normalized spacial score (nSPS) is 16.2. The van der Waals surface area contributed by atoms with Gasteiger partial charge >= 0.3 is 0 Å². The minimum atomic E-state index is 0.895. The monoisotopic (exact) mass is 257 g/mol. The quantitative estimate of drug-likeness (QED) is 0.848. The highest BCUT2D eigenvalue weighted by molar-refractivity contribution is 6.02. The van der Waals surface area contributed by atoms with Crippen LogP contribution < -0.4 is 10.3 Å². The Balaban J connectivity index is 1.87. The van der Waals surface area contributed by atoms with Crippen LogP contribution in [0, 0.1) is 0 Å². The van der Waals surface area contributed by atoms with E-state index in [9.17, 15) is 0 Å². The van der Waals surface area contributed by atoms with E-state index >= 15 is 0 Å². The molecule has 1 aromatic carbocycles. The number of aromatic nitrogens is 3. The first-order valence-corrected chi connectivity index (χ1v) is 6.21. The van der Waals surface area contributed by atoms with Crippen molar-refractivity contribution in [2.45, 2.75) is 19.3 Å². The number of nitrogens with one attached hydrogen (secondary N) is 1. The molecule has 0 unspecified atom stereocenters. The van der Waals surface area contributed by atoms with Gasteiger partial charge in [0.05, 0.1) is 12.8 Å². The average Bonchev–Trinajstić information content (AvgIpc) is 2.97. The van der Waals surface area contributed by atoms with Gasteiger partial charge in [-0.05, 0) is 43.0 Å². The van der Waals surface area contributed by atoms with E-state index in [1.807, 2.05) is 6.07 Å². The minimum absolute atomic E-state index is 0.895. The molecule has 2 aromatic rings. The van der Waals surface area contributed by atoms with Gasteiger partial charge < -0.3 is 4.74 Å². The third-order valence-electron chi connectivity index (χ3n) is 3.20. The van der Waals surface area contributed by atoms with Gasteiger partial charge in [0.1, 0.15) is 18.4 Å². The van der Waals surface area contributed by atoms with E-state index < -0.39 is 0 Å². The largest absolute Gasteiger partial charge is 0.497 e. The van der Waals surface area contributed by atoms with Gasteiger partial charge in [0.15, 0.2) is 0 Å². The topological polar surface area (TPSA) is 64.3 Å². The Bertz CT molecular complexity index is 591.